The van der Waals surface area contributed by atoms with Crippen molar-refractivity contribution in [2.45, 2.75) is 58.0 Å². The number of rotatable bonds is 4. The summed E-state index contributed by atoms with van der Waals surface area (Å²) in [5, 5.41) is 3.76. The first-order valence-electron chi connectivity index (χ1n) is 8.37. The van der Waals surface area contributed by atoms with Crippen LogP contribution in [-0.2, 0) is 6.54 Å². The monoisotopic (exact) mass is 272 g/mol. The topological polar surface area (TPSA) is 15.3 Å². The Labute approximate surface area is 123 Å². The Bertz CT molecular complexity index is 423. The standard InChI is InChI=1S/C18H28N2/c1-15-6-4-8-17(12-15)19-18-9-5-7-16(13-18)14-20-10-2-3-11-20/h5,7,9,13,15,17,19H,2-4,6,8,10-12,14H2,1H3. The minimum absolute atomic E-state index is 0.681. The Hall–Kier alpha value is -1.02. The highest BCUT2D eigenvalue weighted by molar-refractivity contribution is 5.46. The minimum Gasteiger partial charge on any atom is -0.382 e. The van der Waals surface area contributed by atoms with E-state index < -0.39 is 0 Å². The Morgan fingerprint density at radius 3 is 2.80 bits per heavy atom. The summed E-state index contributed by atoms with van der Waals surface area (Å²) in [6.07, 6.45) is 8.20. The molecular weight excluding hydrogens is 244 g/mol. The molecule has 110 valence electrons. The van der Waals surface area contributed by atoms with Crippen molar-refractivity contribution in [3.05, 3.63) is 29.8 Å². The number of nitrogens with one attached hydrogen (secondary N) is 1. The number of hydrogen-bond donors (Lipinski definition) is 1. The van der Waals surface area contributed by atoms with Crippen molar-refractivity contribution in [1.82, 2.24) is 4.90 Å². The van der Waals surface area contributed by atoms with Crippen molar-refractivity contribution in [3.8, 4) is 0 Å². The van der Waals surface area contributed by atoms with Gasteiger partial charge in [-0.3, -0.25) is 4.90 Å². The van der Waals surface area contributed by atoms with Crippen LogP contribution in [0.5, 0.6) is 0 Å². The van der Waals surface area contributed by atoms with E-state index in [0.717, 1.165) is 12.5 Å². The third-order valence-corrected chi connectivity index (χ3v) is 4.84. The second kappa shape index (κ2) is 6.62. The van der Waals surface area contributed by atoms with Crippen molar-refractivity contribution in [1.29, 1.82) is 0 Å². The molecule has 1 aromatic carbocycles. The van der Waals surface area contributed by atoms with Gasteiger partial charge in [-0.15, -0.1) is 0 Å². The van der Waals surface area contributed by atoms with Crippen LogP contribution < -0.4 is 5.32 Å². The predicted octanol–water partition coefficient (Wildman–Crippen LogP) is 4.27. The molecule has 1 aromatic rings. The fourth-order valence-electron chi connectivity index (χ4n) is 3.76. The van der Waals surface area contributed by atoms with Gasteiger partial charge in [-0.1, -0.05) is 31.9 Å². The van der Waals surface area contributed by atoms with Gasteiger partial charge >= 0.3 is 0 Å². The smallest absolute Gasteiger partial charge is 0.0345 e. The molecule has 2 fully saturated rings. The zero-order valence-corrected chi connectivity index (χ0v) is 12.8. The number of hydrogen-bond acceptors (Lipinski definition) is 2. The van der Waals surface area contributed by atoms with Crippen molar-refractivity contribution < 1.29 is 0 Å². The van der Waals surface area contributed by atoms with Gasteiger partial charge in [0, 0.05) is 18.3 Å². The molecule has 3 rings (SSSR count). The molecule has 2 unspecified atom stereocenters. The zero-order valence-electron chi connectivity index (χ0n) is 12.8. The van der Waals surface area contributed by atoms with E-state index in [1.54, 1.807) is 0 Å². The number of nitrogens with zero attached hydrogens (tertiary/aromatic N) is 1. The maximum atomic E-state index is 3.76. The molecule has 2 aliphatic rings. The number of benzene rings is 1. The average Bonchev–Trinajstić information content (AvgIpc) is 2.92. The highest BCUT2D eigenvalue weighted by Gasteiger charge is 2.18. The first-order chi connectivity index (χ1) is 9.79. The maximum absolute atomic E-state index is 3.76. The van der Waals surface area contributed by atoms with Crippen molar-refractivity contribution in [3.63, 3.8) is 0 Å². The molecule has 2 atom stereocenters. The largest absolute Gasteiger partial charge is 0.382 e. The lowest BCUT2D eigenvalue weighted by Crippen LogP contribution is -2.26. The fourth-order valence-corrected chi connectivity index (χ4v) is 3.76. The van der Waals surface area contributed by atoms with Gasteiger partial charge in [0.1, 0.15) is 0 Å². The Balaban J connectivity index is 1.58. The van der Waals surface area contributed by atoms with E-state index in [9.17, 15) is 0 Å². The van der Waals surface area contributed by atoms with E-state index >= 15 is 0 Å². The highest BCUT2D eigenvalue weighted by atomic mass is 15.1. The van der Waals surface area contributed by atoms with Crippen LogP contribution in [-0.4, -0.2) is 24.0 Å². The molecule has 0 radical (unpaired) electrons. The first-order valence-corrected chi connectivity index (χ1v) is 8.37. The Morgan fingerprint density at radius 1 is 1.15 bits per heavy atom. The van der Waals surface area contributed by atoms with Gasteiger partial charge in [-0.2, -0.15) is 0 Å². The Morgan fingerprint density at radius 2 is 2.00 bits per heavy atom. The van der Waals surface area contributed by atoms with Crippen LogP contribution in [0.25, 0.3) is 0 Å². The van der Waals surface area contributed by atoms with Crippen LogP contribution in [0.4, 0.5) is 5.69 Å². The third-order valence-electron chi connectivity index (χ3n) is 4.84. The fraction of sp³-hybridized carbons (Fsp3) is 0.667. The third kappa shape index (κ3) is 3.76. The normalized spacial score (nSPS) is 27.6. The molecule has 0 spiro atoms. The second-order valence-corrected chi connectivity index (χ2v) is 6.80. The summed E-state index contributed by atoms with van der Waals surface area (Å²) >= 11 is 0. The van der Waals surface area contributed by atoms with Gasteiger partial charge in [0.05, 0.1) is 0 Å². The van der Waals surface area contributed by atoms with Crippen LogP contribution in [0.15, 0.2) is 24.3 Å². The van der Waals surface area contributed by atoms with E-state index in [2.05, 4.69) is 41.4 Å². The predicted molar refractivity (Wildman–Crippen MR) is 86.0 cm³/mol. The van der Waals surface area contributed by atoms with E-state index in [-0.39, 0.29) is 0 Å². The lowest BCUT2D eigenvalue weighted by Gasteiger charge is -2.28. The van der Waals surface area contributed by atoms with Gasteiger partial charge in [0.25, 0.3) is 0 Å². The quantitative estimate of drug-likeness (QED) is 0.880. The zero-order chi connectivity index (χ0) is 13.8. The number of anilines is 1. The van der Waals surface area contributed by atoms with Crippen molar-refractivity contribution in [2.24, 2.45) is 5.92 Å². The lowest BCUT2D eigenvalue weighted by atomic mass is 9.87. The van der Waals surface area contributed by atoms with Crippen LogP contribution in [0, 0.1) is 5.92 Å². The van der Waals surface area contributed by atoms with Crippen molar-refractivity contribution >= 4 is 5.69 Å². The molecule has 2 nitrogen and oxygen atoms in total. The van der Waals surface area contributed by atoms with E-state index in [1.165, 1.54) is 62.9 Å². The highest BCUT2D eigenvalue weighted by Crippen LogP contribution is 2.26. The molecule has 20 heavy (non-hydrogen) atoms. The van der Waals surface area contributed by atoms with Gasteiger partial charge in [-0.25, -0.2) is 0 Å². The molecule has 0 bridgehead atoms. The van der Waals surface area contributed by atoms with Crippen LogP contribution in [0.3, 0.4) is 0 Å². The molecule has 1 aliphatic heterocycles. The summed E-state index contributed by atoms with van der Waals surface area (Å²) in [7, 11) is 0. The van der Waals surface area contributed by atoms with Crippen LogP contribution in [0.1, 0.15) is 51.0 Å². The summed E-state index contributed by atoms with van der Waals surface area (Å²) in [6.45, 7) is 6.06. The van der Waals surface area contributed by atoms with Gasteiger partial charge in [0.2, 0.25) is 0 Å². The summed E-state index contributed by atoms with van der Waals surface area (Å²) in [4.78, 5) is 2.57. The van der Waals surface area contributed by atoms with E-state index in [0.29, 0.717) is 6.04 Å². The molecule has 2 heteroatoms. The molecule has 0 amide bonds. The molecule has 1 N–H and O–H groups in total. The summed E-state index contributed by atoms with van der Waals surface area (Å²) in [5.74, 6) is 0.883. The average molecular weight is 272 g/mol. The molecule has 1 saturated heterocycles. The molecule has 0 aromatic heterocycles. The van der Waals surface area contributed by atoms with Gasteiger partial charge in [0.15, 0.2) is 0 Å². The van der Waals surface area contributed by atoms with Crippen molar-refractivity contribution in [2.75, 3.05) is 18.4 Å². The molecule has 1 heterocycles. The first kappa shape index (κ1) is 13.9. The van der Waals surface area contributed by atoms with Gasteiger partial charge < -0.3 is 5.32 Å². The van der Waals surface area contributed by atoms with Crippen LogP contribution >= 0.6 is 0 Å². The lowest BCUT2D eigenvalue weighted by molar-refractivity contribution is 0.331. The summed E-state index contributed by atoms with van der Waals surface area (Å²) in [6, 6.07) is 9.75. The summed E-state index contributed by atoms with van der Waals surface area (Å²) in [5.41, 5.74) is 2.78. The summed E-state index contributed by atoms with van der Waals surface area (Å²) < 4.78 is 0. The number of likely N-dealkylation sites (tertiary alicyclic amines) is 1. The van der Waals surface area contributed by atoms with E-state index in [1.807, 2.05) is 0 Å². The van der Waals surface area contributed by atoms with E-state index in [4.69, 9.17) is 0 Å². The SMILES string of the molecule is CC1CCCC(Nc2cccc(CN3CCCC3)c2)C1. The molecule has 1 saturated carbocycles. The second-order valence-electron chi connectivity index (χ2n) is 6.80. The Kier molecular flexibility index (Phi) is 4.62. The van der Waals surface area contributed by atoms with Crippen LogP contribution in [0.2, 0.25) is 0 Å². The maximum Gasteiger partial charge on any atom is 0.0345 e. The molecule has 1 aliphatic carbocycles. The molecular formula is C18H28N2. The minimum atomic E-state index is 0.681. The van der Waals surface area contributed by atoms with Gasteiger partial charge in [-0.05, 0) is 62.4 Å².